The highest BCUT2D eigenvalue weighted by Crippen LogP contribution is 2.32. The average molecular weight is 359 g/mol. The molecule has 0 N–H and O–H groups in total. The van der Waals surface area contributed by atoms with Gasteiger partial charge in [-0.25, -0.2) is 4.79 Å². The minimum Gasteiger partial charge on any atom is -0.454 e. The lowest BCUT2D eigenvalue weighted by Gasteiger charge is -2.02. The summed E-state index contributed by atoms with van der Waals surface area (Å²) < 4.78 is 12.5. The molecule has 9 heteroatoms. The van der Waals surface area contributed by atoms with Crippen LogP contribution < -0.4 is 15.2 Å². The van der Waals surface area contributed by atoms with Crippen LogP contribution in [0.15, 0.2) is 47.3 Å². The van der Waals surface area contributed by atoms with Crippen molar-refractivity contribution >= 4 is 17.4 Å². The number of rotatable bonds is 4. The van der Waals surface area contributed by atoms with Crippen LogP contribution >= 0.6 is 11.6 Å². The topological polar surface area (TPSA) is 88.2 Å². The highest BCUT2D eigenvalue weighted by atomic mass is 35.5. The SMILES string of the molecule is O=C(Cn1nnn(-c2ccccc2Cl)c1=O)c1ccc2c(c1)OCO2. The quantitative estimate of drug-likeness (QED) is 0.659. The molecule has 0 atom stereocenters. The summed E-state index contributed by atoms with van der Waals surface area (Å²) in [5.74, 6) is 0.780. The van der Waals surface area contributed by atoms with Gasteiger partial charge in [0.15, 0.2) is 17.3 Å². The Bertz CT molecular complexity index is 1030. The van der Waals surface area contributed by atoms with Gasteiger partial charge in [-0.3, -0.25) is 4.79 Å². The van der Waals surface area contributed by atoms with E-state index in [0.717, 1.165) is 9.36 Å². The van der Waals surface area contributed by atoms with Crippen LogP contribution in [-0.4, -0.2) is 32.4 Å². The number of benzene rings is 2. The maximum atomic E-state index is 12.4. The van der Waals surface area contributed by atoms with Crippen molar-refractivity contribution in [3.63, 3.8) is 0 Å². The highest BCUT2D eigenvalue weighted by Gasteiger charge is 2.18. The number of ketones is 1. The second-order valence-electron chi connectivity index (χ2n) is 5.27. The van der Waals surface area contributed by atoms with E-state index in [9.17, 15) is 9.59 Å². The molecular weight excluding hydrogens is 348 g/mol. The number of tetrazole rings is 1. The van der Waals surface area contributed by atoms with Gasteiger partial charge in [0, 0.05) is 5.56 Å². The standard InChI is InChI=1S/C16H11ClN4O4/c17-11-3-1-2-4-12(11)21-16(23)20(18-19-21)8-13(22)10-5-6-14-15(7-10)25-9-24-14/h1-7H,8-9H2. The van der Waals surface area contributed by atoms with Gasteiger partial charge in [0.25, 0.3) is 0 Å². The lowest BCUT2D eigenvalue weighted by molar-refractivity contribution is 0.0965. The molecule has 2 heterocycles. The third kappa shape index (κ3) is 2.76. The summed E-state index contributed by atoms with van der Waals surface area (Å²) in [6.45, 7) is -0.123. The summed E-state index contributed by atoms with van der Waals surface area (Å²) in [7, 11) is 0. The molecule has 0 saturated heterocycles. The Morgan fingerprint density at radius 3 is 2.76 bits per heavy atom. The van der Waals surface area contributed by atoms with Crippen LogP contribution in [0.4, 0.5) is 0 Å². The maximum Gasteiger partial charge on any atom is 0.368 e. The van der Waals surface area contributed by atoms with E-state index >= 15 is 0 Å². The fourth-order valence-corrected chi connectivity index (χ4v) is 2.66. The molecule has 8 nitrogen and oxygen atoms in total. The molecule has 0 amide bonds. The van der Waals surface area contributed by atoms with Crippen molar-refractivity contribution in [3.05, 3.63) is 63.5 Å². The van der Waals surface area contributed by atoms with Crippen LogP contribution in [0.1, 0.15) is 10.4 Å². The molecule has 126 valence electrons. The van der Waals surface area contributed by atoms with Crippen molar-refractivity contribution < 1.29 is 14.3 Å². The van der Waals surface area contributed by atoms with E-state index in [1.165, 1.54) is 0 Å². The Kier molecular flexibility index (Phi) is 3.73. The van der Waals surface area contributed by atoms with Crippen molar-refractivity contribution in [1.82, 2.24) is 19.8 Å². The van der Waals surface area contributed by atoms with E-state index in [2.05, 4.69) is 10.4 Å². The molecule has 4 rings (SSSR count). The van der Waals surface area contributed by atoms with Gasteiger partial charge >= 0.3 is 5.69 Å². The molecule has 0 spiro atoms. The average Bonchev–Trinajstić information content (AvgIpc) is 3.22. The van der Waals surface area contributed by atoms with Gasteiger partial charge in [0.2, 0.25) is 6.79 Å². The largest absolute Gasteiger partial charge is 0.454 e. The van der Waals surface area contributed by atoms with Crippen LogP contribution in [0.5, 0.6) is 11.5 Å². The van der Waals surface area contributed by atoms with Gasteiger partial charge in [0.1, 0.15) is 6.54 Å². The van der Waals surface area contributed by atoms with E-state index in [1.54, 1.807) is 42.5 Å². The molecule has 1 aliphatic heterocycles. The van der Waals surface area contributed by atoms with Crippen LogP contribution in [0.25, 0.3) is 5.69 Å². The van der Waals surface area contributed by atoms with Crippen LogP contribution in [0, 0.1) is 0 Å². The summed E-state index contributed by atoms with van der Waals surface area (Å²) in [4.78, 5) is 24.8. The first-order chi connectivity index (χ1) is 12.1. The zero-order valence-corrected chi connectivity index (χ0v) is 13.5. The van der Waals surface area contributed by atoms with E-state index in [4.69, 9.17) is 21.1 Å². The number of aromatic nitrogens is 4. The predicted octanol–water partition coefficient (Wildman–Crippen LogP) is 1.69. The van der Waals surface area contributed by atoms with Gasteiger partial charge in [-0.1, -0.05) is 23.7 Å². The second kappa shape index (κ2) is 6.06. The Morgan fingerprint density at radius 1 is 1.12 bits per heavy atom. The Labute approximate surface area is 146 Å². The summed E-state index contributed by atoms with van der Waals surface area (Å²) in [5.41, 5.74) is 0.238. The van der Waals surface area contributed by atoms with Gasteiger partial charge < -0.3 is 9.47 Å². The number of para-hydroxylation sites is 1. The first-order valence-electron chi connectivity index (χ1n) is 7.34. The Balaban J connectivity index is 1.61. The third-order valence-electron chi connectivity index (χ3n) is 3.71. The highest BCUT2D eigenvalue weighted by molar-refractivity contribution is 6.32. The van der Waals surface area contributed by atoms with Crippen LogP contribution in [-0.2, 0) is 6.54 Å². The minimum atomic E-state index is -0.554. The summed E-state index contributed by atoms with van der Waals surface area (Å²) >= 11 is 6.07. The number of ether oxygens (including phenoxy) is 2. The van der Waals surface area contributed by atoms with Crippen LogP contribution in [0.2, 0.25) is 5.02 Å². The van der Waals surface area contributed by atoms with Crippen molar-refractivity contribution in [2.75, 3.05) is 6.79 Å². The van der Waals surface area contributed by atoms with Gasteiger partial charge in [-0.05, 0) is 40.8 Å². The van der Waals surface area contributed by atoms with Gasteiger partial charge in [-0.2, -0.15) is 9.36 Å². The number of halogens is 1. The lowest BCUT2D eigenvalue weighted by atomic mass is 10.1. The predicted molar refractivity (Wildman–Crippen MR) is 87.5 cm³/mol. The zero-order chi connectivity index (χ0) is 17.4. The maximum absolute atomic E-state index is 12.4. The molecular formula is C16H11ClN4O4. The second-order valence-corrected chi connectivity index (χ2v) is 5.68. The molecule has 0 saturated carbocycles. The Morgan fingerprint density at radius 2 is 1.92 bits per heavy atom. The smallest absolute Gasteiger partial charge is 0.368 e. The van der Waals surface area contributed by atoms with E-state index < -0.39 is 5.69 Å². The normalized spacial score (nSPS) is 12.4. The minimum absolute atomic E-state index is 0.124. The van der Waals surface area contributed by atoms with Crippen molar-refractivity contribution in [2.24, 2.45) is 0 Å². The molecule has 2 aromatic carbocycles. The van der Waals surface area contributed by atoms with Gasteiger partial charge in [-0.15, -0.1) is 0 Å². The fourth-order valence-electron chi connectivity index (χ4n) is 2.45. The third-order valence-corrected chi connectivity index (χ3v) is 4.03. The van der Waals surface area contributed by atoms with Crippen molar-refractivity contribution in [1.29, 1.82) is 0 Å². The van der Waals surface area contributed by atoms with Crippen molar-refractivity contribution in [2.45, 2.75) is 6.54 Å². The number of Topliss-reactive ketones (excluding diaryl/α,β-unsaturated/α-hetero) is 1. The summed E-state index contributed by atoms with van der Waals surface area (Å²) in [5, 5.41) is 7.90. The first-order valence-corrected chi connectivity index (χ1v) is 7.72. The number of fused-ring (bicyclic) bond motifs is 1. The first kappa shape index (κ1) is 15.4. The number of nitrogens with zero attached hydrogens (tertiary/aromatic N) is 4. The summed E-state index contributed by atoms with van der Waals surface area (Å²) in [6.07, 6.45) is 0. The van der Waals surface area contributed by atoms with E-state index in [1.807, 2.05) is 0 Å². The van der Waals surface area contributed by atoms with Gasteiger partial charge in [0.05, 0.1) is 10.7 Å². The van der Waals surface area contributed by atoms with Crippen LogP contribution in [0.3, 0.4) is 0 Å². The molecule has 0 bridgehead atoms. The lowest BCUT2D eigenvalue weighted by Crippen LogP contribution is -2.27. The number of carbonyl (C=O) groups excluding carboxylic acids is 1. The van der Waals surface area contributed by atoms with Crippen molar-refractivity contribution in [3.8, 4) is 17.2 Å². The molecule has 0 fully saturated rings. The van der Waals surface area contributed by atoms with E-state index in [-0.39, 0.29) is 19.1 Å². The number of carbonyl (C=O) groups is 1. The summed E-state index contributed by atoms with van der Waals surface area (Å²) in [6, 6.07) is 11.6. The zero-order valence-electron chi connectivity index (χ0n) is 12.8. The molecule has 1 aliphatic rings. The van der Waals surface area contributed by atoms with E-state index in [0.29, 0.717) is 27.8 Å². The molecule has 0 aliphatic carbocycles. The molecule has 0 unspecified atom stereocenters. The number of hydrogen-bond acceptors (Lipinski definition) is 6. The number of hydrogen-bond donors (Lipinski definition) is 0. The Hall–Kier alpha value is -3.13. The molecule has 0 radical (unpaired) electrons. The monoisotopic (exact) mass is 358 g/mol. The molecule has 1 aromatic heterocycles. The molecule has 3 aromatic rings. The molecule has 25 heavy (non-hydrogen) atoms. The fraction of sp³-hybridized carbons (Fsp3) is 0.125.